The molecule has 0 aliphatic heterocycles. The van der Waals surface area contributed by atoms with Crippen molar-refractivity contribution in [3.8, 4) is 16.8 Å². The Kier molecular flexibility index (Phi) is 3.15. The number of halogens is 1. The Labute approximate surface area is 118 Å². The SMILES string of the molecule is Cc1cc(-c2ccc(F)cc2)c(C)n1-c1ccccc1. The first-order chi connectivity index (χ1) is 9.66. The van der Waals surface area contributed by atoms with Gasteiger partial charge in [0.15, 0.2) is 0 Å². The molecule has 3 aromatic rings. The highest BCUT2D eigenvalue weighted by atomic mass is 19.1. The zero-order valence-electron chi connectivity index (χ0n) is 11.6. The average Bonchev–Trinajstić information content (AvgIpc) is 2.76. The Morgan fingerprint density at radius 2 is 1.50 bits per heavy atom. The molecule has 1 heterocycles. The highest BCUT2D eigenvalue weighted by Crippen LogP contribution is 2.29. The Bertz CT molecular complexity index is 724. The molecule has 2 aromatic carbocycles. The van der Waals surface area contributed by atoms with Crippen molar-refractivity contribution in [2.75, 3.05) is 0 Å². The number of rotatable bonds is 2. The second kappa shape index (κ2) is 4.97. The maximum Gasteiger partial charge on any atom is 0.123 e. The van der Waals surface area contributed by atoms with Crippen molar-refractivity contribution < 1.29 is 4.39 Å². The lowest BCUT2D eigenvalue weighted by atomic mass is 10.1. The van der Waals surface area contributed by atoms with Crippen molar-refractivity contribution in [1.82, 2.24) is 4.57 Å². The predicted octanol–water partition coefficient (Wildman–Crippen LogP) is 4.90. The standard InChI is InChI=1S/C18H16FN/c1-13-12-18(15-8-10-16(19)11-9-15)14(2)20(13)17-6-4-3-5-7-17/h3-12H,1-2H3. The molecule has 20 heavy (non-hydrogen) atoms. The molecule has 0 aliphatic carbocycles. The van der Waals surface area contributed by atoms with Crippen LogP contribution in [-0.2, 0) is 0 Å². The summed E-state index contributed by atoms with van der Waals surface area (Å²) in [6.07, 6.45) is 0. The van der Waals surface area contributed by atoms with Gasteiger partial charge < -0.3 is 4.57 Å². The van der Waals surface area contributed by atoms with Crippen LogP contribution in [0.15, 0.2) is 60.7 Å². The van der Waals surface area contributed by atoms with E-state index in [2.05, 4.69) is 36.6 Å². The molecule has 2 heteroatoms. The molecule has 0 radical (unpaired) electrons. The smallest absolute Gasteiger partial charge is 0.123 e. The maximum atomic E-state index is 13.0. The van der Waals surface area contributed by atoms with Gasteiger partial charge in [-0.3, -0.25) is 0 Å². The first-order valence-electron chi connectivity index (χ1n) is 6.67. The van der Waals surface area contributed by atoms with Crippen LogP contribution in [0.1, 0.15) is 11.4 Å². The minimum Gasteiger partial charge on any atom is -0.318 e. The van der Waals surface area contributed by atoms with Crippen molar-refractivity contribution in [1.29, 1.82) is 0 Å². The van der Waals surface area contributed by atoms with E-state index in [4.69, 9.17) is 0 Å². The van der Waals surface area contributed by atoms with Gasteiger partial charge in [0.25, 0.3) is 0 Å². The molecule has 0 amide bonds. The monoisotopic (exact) mass is 265 g/mol. The van der Waals surface area contributed by atoms with Crippen LogP contribution in [0.5, 0.6) is 0 Å². The first kappa shape index (κ1) is 12.7. The zero-order valence-corrected chi connectivity index (χ0v) is 11.6. The number of aryl methyl sites for hydroxylation is 1. The lowest BCUT2D eigenvalue weighted by Crippen LogP contribution is -1.98. The van der Waals surface area contributed by atoms with E-state index >= 15 is 0 Å². The molecule has 0 unspecified atom stereocenters. The van der Waals surface area contributed by atoms with Gasteiger partial charge in [-0.15, -0.1) is 0 Å². The van der Waals surface area contributed by atoms with E-state index in [0.717, 1.165) is 16.8 Å². The molecular weight excluding hydrogens is 249 g/mol. The van der Waals surface area contributed by atoms with Gasteiger partial charge in [-0.05, 0) is 49.7 Å². The number of benzene rings is 2. The second-order valence-corrected chi connectivity index (χ2v) is 4.96. The van der Waals surface area contributed by atoms with Gasteiger partial charge in [0, 0.05) is 22.6 Å². The number of aromatic nitrogens is 1. The predicted molar refractivity (Wildman–Crippen MR) is 80.6 cm³/mol. The summed E-state index contributed by atoms with van der Waals surface area (Å²) in [5.74, 6) is -0.203. The molecule has 0 atom stereocenters. The Hall–Kier alpha value is -2.35. The largest absolute Gasteiger partial charge is 0.318 e. The van der Waals surface area contributed by atoms with Crippen LogP contribution in [0.3, 0.4) is 0 Å². The van der Waals surface area contributed by atoms with Crippen LogP contribution in [0.2, 0.25) is 0 Å². The van der Waals surface area contributed by atoms with E-state index in [-0.39, 0.29) is 5.82 Å². The minimum atomic E-state index is -0.203. The molecule has 0 aliphatic rings. The van der Waals surface area contributed by atoms with E-state index in [1.54, 1.807) is 0 Å². The second-order valence-electron chi connectivity index (χ2n) is 4.96. The molecule has 0 N–H and O–H groups in total. The zero-order chi connectivity index (χ0) is 14.1. The van der Waals surface area contributed by atoms with Crippen molar-refractivity contribution in [3.05, 3.63) is 77.9 Å². The Morgan fingerprint density at radius 3 is 2.15 bits per heavy atom. The lowest BCUT2D eigenvalue weighted by Gasteiger charge is -2.09. The van der Waals surface area contributed by atoms with E-state index in [0.29, 0.717) is 0 Å². The third kappa shape index (κ3) is 2.14. The molecule has 1 nitrogen and oxygen atoms in total. The minimum absolute atomic E-state index is 0.203. The number of hydrogen-bond acceptors (Lipinski definition) is 0. The third-order valence-electron chi connectivity index (χ3n) is 3.60. The van der Waals surface area contributed by atoms with E-state index in [9.17, 15) is 4.39 Å². The molecule has 0 saturated carbocycles. The van der Waals surface area contributed by atoms with Gasteiger partial charge in [-0.25, -0.2) is 4.39 Å². The topological polar surface area (TPSA) is 4.93 Å². The summed E-state index contributed by atoms with van der Waals surface area (Å²) in [4.78, 5) is 0. The summed E-state index contributed by atoms with van der Waals surface area (Å²) < 4.78 is 15.3. The Morgan fingerprint density at radius 1 is 0.850 bits per heavy atom. The van der Waals surface area contributed by atoms with E-state index in [1.165, 1.54) is 23.5 Å². The highest BCUT2D eigenvalue weighted by Gasteiger charge is 2.11. The molecule has 0 spiro atoms. The van der Waals surface area contributed by atoms with Gasteiger partial charge in [0.05, 0.1) is 0 Å². The summed E-state index contributed by atoms with van der Waals surface area (Å²) in [6, 6.07) is 19.1. The molecule has 3 rings (SSSR count). The maximum absolute atomic E-state index is 13.0. The van der Waals surface area contributed by atoms with Gasteiger partial charge in [0.2, 0.25) is 0 Å². The van der Waals surface area contributed by atoms with Crippen molar-refractivity contribution in [3.63, 3.8) is 0 Å². The fourth-order valence-corrected chi connectivity index (χ4v) is 2.66. The quantitative estimate of drug-likeness (QED) is 0.621. The van der Waals surface area contributed by atoms with Crippen LogP contribution >= 0.6 is 0 Å². The fourth-order valence-electron chi connectivity index (χ4n) is 2.66. The van der Waals surface area contributed by atoms with Crippen molar-refractivity contribution in [2.24, 2.45) is 0 Å². The molecular formula is C18H16FN. The normalized spacial score (nSPS) is 10.8. The van der Waals surface area contributed by atoms with Crippen LogP contribution in [0, 0.1) is 19.7 Å². The fraction of sp³-hybridized carbons (Fsp3) is 0.111. The van der Waals surface area contributed by atoms with Crippen LogP contribution in [0.4, 0.5) is 4.39 Å². The van der Waals surface area contributed by atoms with Crippen molar-refractivity contribution in [2.45, 2.75) is 13.8 Å². The summed E-state index contributed by atoms with van der Waals surface area (Å²) >= 11 is 0. The van der Waals surface area contributed by atoms with Crippen LogP contribution in [0.25, 0.3) is 16.8 Å². The molecule has 0 bridgehead atoms. The van der Waals surface area contributed by atoms with Crippen LogP contribution in [-0.4, -0.2) is 4.57 Å². The van der Waals surface area contributed by atoms with Crippen molar-refractivity contribution >= 4 is 0 Å². The number of hydrogen-bond donors (Lipinski definition) is 0. The molecule has 0 saturated heterocycles. The highest BCUT2D eigenvalue weighted by molar-refractivity contribution is 5.68. The first-order valence-corrected chi connectivity index (χ1v) is 6.67. The lowest BCUT2D eigenvalue weighted by molar-refractivity contribution is 0.628. The number of para-hydroxylation sites is 1. The molecule has 0 fully saturated rings. The van der Waals surface area contributed by atoms with Gasteiger partial charge >= 0.3 is 0 Å². The summed E-state index contributed by atoms with van der Waals surface area (Å²) in [7, 11) is 0. The summed E-state index contributed by atoms with van der Waals surface area (Å²) in [5.41, 5.74) is 5.68. The van der Waals surface area contributed by atoms with E-state index < -0.39 is 0 Å². The molecule has 100 valence electrons. The number of nitrogens with zero attached hydrogens (tertiary/aromatic N) is 1. The average molecular weight is 265 g/mol. The van der Waals surface area contributed by atoms with Gasteiger partial charge in [0.1, 0.15) is 5.82 Å². The Balaban J connectivity index is 2.14. The van der Waals surface area contributed by atoms with Gasteiger partial charge in [-0.2, -0.15) is 0 Å². The van der Waals surface area contributed by atoms with E-state index in [1.807, 2.05) is 30.3 Å². The summed E-state index contributed by atoms with van der Waals surface area (Å²) in [5, 5.41) is 0. The third-order valence-corrected chi connectivity index (χ3v) is 3.60. The summed E-state index contributed by atoms with van der Waals surface area (Å²) in [6.45, 7) is 4.19. The molecule has 1 aromatic heterocycles. The van der Waals surface area contributed by atoms with Crippen LogP contribution < -0.4 is 0 Å². The van der Waals surface area contributed by atoms with Gasteiger partial charge in [-0.1, -0.05) is 30.3 Å².